The molecule has 6 heteroatoms. The van der Waals surface area contributed by atoms with Gasteiger partial charge in [-0.2, -0.15) is 5.26 Å². The zero-order chi connectivity index (χ0) is 14.4. The molecule has 1 N–H and O–H groups in total. The van der Waals surface area contributed by atoms with Crippen LogP contribution < -0.4 is 10.1 Å². The highest BCUT2D eigenvalue weighted by Gasteiger charge is 2.21. The average molecular weight is 275 g/mol. The number of ether oxygens (including phenoxy) is 1. The predicted octanol–water partition coefficient (Wildman–Crippen LogP) is 2.53. The largest absolute Gasteiger partial charge is 0.493 e. The highest BCUT2D eigenvalue weighted by atomic mass is 16.6. The molecular weight excluding hydrogens is 258 g/mol. The van der Waals surface area contributed by atoms with Gasteiger partial charge in [-0.15, -0.1) is 0 Å². The van der Waals surface area contributed by atoms with Crippen LogP contribution in [0.2, 0.25) is 0 Å². The summed E-state index contributed by atoms with van der Waals surface area (Å²) in [5.74, 6) is 0.654. The molecule has 2 rings (SSSR count). The fourth-order valence-corrected chi connectivity index (χ4v) is 1.83. The SMILES string of the molecule is N#CCCCOc1ccc([N+](=O)[O-])cc1CNC1CC1. The van der Waals surface area contributed by atoms with E-state index in [9.17, 15) is 10.1 Å². The molecule has 0 bridgehead atoms. The average Bonchev–Trinajstić information content (AvgIpc) is 3.26. The van der Waals surface area contributed by atoms with Gasteiger partial charge < -0.3 is 10.1 Å². The summed E-state index contributed by atoms with van der Waals surface area (Å²) in [6.45, 7) is 1.02. The summed E-state index contributed by atoms with van der Waals surface area (Å²) in [4.78, 5) is 10.4. The van der Waals surface area contributed by atoms with Crippen molar-refractivity contribution < 1.29 is 9.66 Å². The van der Waals surface area contributed by atoms with Crippen LogP contribution in [0.3, 0.4) is 0 Å². The van der Waals surface area contributed by atoms with Crippen LogP contribution in [0.4, 0.5) is 5.69 Å². The molecule has 1 saturated carbocycles. The molecule has 0 aromatic heterocycles. The van der Waals surface area contributed by atoms with Crippen LogP contribution >= 0.6 is 0 Å². The number of nitro benzene ring substituents is 1. The van der Waals surface area contributed by atoms with Gasteiger partial charge in [0.2, 0.25) is 0 Å². The molecule has 0 atom stereocenters. The lowest BCUT2D eigenvalue weighted by atomic mass is 10.1. The maximum atomic E-state index is 10.8. The van der Waals surface area contributed by atoms with Gasteiger partial charge in [0, 0.05) is 36.7 Å². The van der Waals surface area contributed by atoms with E-state index in [1.54, 1.807) is 12.1 Å². The Hall–Kier alpha value is -2.13. The van der Waals surface area contributed by atoms with E-state index >= 15 is 0 Å². The number of non-ortho nitro benzene ring substituents is 1. The van der Waals surface area contributed by atoms with Gasteiger partial charge in [0.25, 0.3) is 5.69 Å². The Kier molecular flexibility index (Phi) is 4.91. The number of hydrogen-bond acceptors (Lipinski definition) is 5. The highest BCUT2D eigenvalue weighted by Crippen LogP contribution is 2.26. The molecule has 1 aliphatic carbocycles. The molecule has 0 radical (unpaired) electrons. The normalized spacial score (nSPS) is 13.8. The molecule has 20 heavy (non-hydrogen) atoms. The van der Waals surface area contributed by atoms with Crippen LogP contribution in [-0.4, -0.2) is 17.6 Å². The van der Waals surface area contributed by atoms with E-state index in [-0.39, 0.29) is 5.69 Å². The van der Waals surface area contributed by atoms with Crippen molar-refractivity contribution in [2.75, 3.05) is 6.61 Å². The Morgan fingerprint density at radius 2 is 2.30 bits per heavy atom. The Morgan fingerprint density at radius 3 is 2.95 bits per heavy atom. The second-order valence-electron chi connectivity index (χ2n) is 4.81. The van der Waals surface area contributed by atoms with Crippen LogP contribution in [0.25, 0.3) is 0 Å². The first-order chi connectivity index (χ1) is 9.70. The first-order valence-corrected chi connectivity index (χ1v) is 6.71. The Morgan fingerprint density at radius 1 is 1.50 bits per heavy atom. The maximum Gasteiger partial charge on any atom is 0.270 e. The second kappa shape index (κ2) is 6.87. The Labute approximate surface area is 117 Å². The van der Waals surface area contributed by atoms with Crippen molar-refractivity contribution in [2.45, 2.75) is 38.3 Å². The highest BCUT2D eigenvalue weighted by molar-refractivity contribution is 5.43. The van der Waals surface area contributed by atoms with Gasteiger partial charge >= 0.3 is 0 Å². The van der Waals surface area contributed by atoms with Crippen molar-refractivity contribution >= 4 is 5.69 Å². The van der Waals surface area contributed by atoms with Crippen LogP contribution in [0.5, 0.6) is 5.75 Å². The van der Waals surface area contributed by atoms with Gasteiger partial charge in [-0.3, -0.25) is 10.1 Å². The standard InChI is InChI=1S/C14H17N3O3/c15-7-1-2-8-20-14-6-5-13(17(18)19)9-11(14)10-16-12-3-4-12/h5-6,9,12,16H,1-4,8,10H2. The number of nitriles is 1. The topological polar surface area (TPSA) is 88.2 Å². The molecular formula is C14H17N3O3. The molecule has 0 amide bonds. The minimum absolute atomic E-state index is 0.0713. The lowest BCUT2D eigenvalue weighted by Gasteiger charge is -2.11. The molecule has 106 valence electrons. The molecule has 1 aliphatic rings. The number of nitro groups is 1. The van der Waals surface area contributed by atoms with E-state index in [2.05, 4.69) is 11.4 Å². The second-order valence-corrected chi connectivity index (χ2v) is 4.81. The summed E-state index contributed by atoms with van der Waals surface area (Å²) < 4.78 is 5.61. The van der Waals surface area contributed by atoms with E-state index in [1.807, 2.05) is 0 Å². The van der Waals surface area contributed by atoms with E-state index in [0.29, 0.717) is 37.8 Å². The number of benzene rings is 1. The van der Waals surface area contributed by atoms with Crippen LogP contribution in [0.15, 0.2) is 18.2 Å². The minimum atomic E-state index is -0.403. The number of nitrogens with zero attached hydrogens (tertiary/aromatic N) is 2. The number of nitrogens with one attached hydrogen (secondary N) is 1. The molecule has 0 aliphatic heterocycles. The molecule has 1 aromatic rings. The monoisotopic (exact) mass is 275 g/mol. The molecule has 1 aromatic carbocycles. The molecule has 6 nitrogen and oxygen atoms in total. The van der Waals surface area contributed by atoms with Gasteiger partial charge in [0.15, 0.2) is 0 Å². The quantitative estimate of drug-likeness (QED) is 0.447. The molecule has 0 saturated heterocycles. The third kappa shape index (κ3) is 4.21. The summed E-state index contributed by atoms with van der Waals surface area (Å²) in [6.07, 6.45) is 3.42. The molecule has 0 spiro atoms. The van der Waals surface area contributed by atoms with Crippen molar-refractivity contribution in [1.29, 1.82) is 5.26 Å². The van der Waals surface area contributed by atoms with Crippen molar-refractivity contribution in [3.8, 4) is 11.8 Å². The van der Waals surface area contributed by atoms with Gasteiger partial charge in [0.1, 0.15) is 5.75 Å². The minimum Gasteiger partial charge on any atom is -0.493 e. The smallest absolute Gasteiger partial charge is 0.270 e. The first-order valence-electron chi connectivity index (χ1n) is 6.71. The lowest BCUT2D eigenvalue weighted by molar-refractivity contribution is -0.384. The third-order valence-electron chi connectivity index (χ3n) is 3.10. The molecule has 0 heterocycles. The zero-order valence-electron chi connectivity index (χ0n) is 11.2. The lowest BCUT2D eigenvalue weighted by Crippen LogP contribution is -2.16. The van der Waals surface area contributed by atoms with Crippen LogP contribution in [0, 0.1) is 21.4 Å². The summed E-state index contributed by atoms with van der Waals surface area (Å²) in [5, 5.41) is 22.6. The van der Waals surface area contributed by atoms with E-state index in [4.69, 9.17) is 10.00 Å². The summed E-state index contributed by atoms with van der Waals surface area (Å²) >= 11 is 0. The molecule has 1 fully saturated rings. The van der Waals surface area contributed by atoms with Gasteiger partial charge in [0.05, 0.1) is 17.6 Å². The van der Waals surface area contributed by atoms with Crippen molar-refractivity contribution in [3.05, 3.63) is 33.9 Å². The molecule has 0 unspecified atom stereocenters. The Balaban J connectivity index is 2.02. The van der Waals surface area contributed by atoms with Gasteiger partial charge in [-0.05, 0) is 25.3 Å². The van der Waals surface area contributed by atoms with Crippen LogP contribution in [0.1, 0.15) is 31.2 Å². The predicted molar refractivity (Wildman–Crippen MR) is 73.3 cm³/mol. The summed E-state index contributed by atoms with van der Waals surface area (Å²) in [6, 6.07) is 7.22. The number of unbranched alkanes of at least 4 members (excludes halogenated alkanes) is 1. The first kappa shape index (κ1) is 14.3. The van der Waals surface area contributed by atoms with E-state index in [1.165, 1.54) is 6.07 Å². The van der Waals surface area contributed by atoms with Crippen molar-refractivity contribution in [3.63, 3.8) is 0 Å². The fraction of sp³-hybridized carbons (Fsp3) is 0.500. The Bertz CT molecular complexity index is 521. The fourth-order valence-electron chi connectivity index (χ4n) is 1.83. The van der Waals surface area contributed by atoms with E-state index in [0.717, 1.165) is 18.4 Å². The number of hydrogen-bond donors (Lipinski definition) is 1. The number of rotatable bonds is 8. The third-order valence-corrected chi connectivity index (χ3v) is 3.10. The van der Waals surface area contributed by atoms with Crippen molar-refractivity contribution in [2.24, 2.45) is 0 Å². The summed E-state index contributed by atoms with van der Waals surface area (Å²) in [7, 11) is 0. The summed E-state index contributed by atoms with van der Waals surface area (Å²) in [5.41, 5.74) is 0.866. The van der Waals surface area contributed by atoms with Gasteiger partial charge in [-0.25, -0.2) is 0 Å². The zero-order valence-corrected chi connectivity index (χ0v) is 11.2. The maximum absolute atomic E-state index is 10.8. The van der Waals surface area contributed by atoms with Crippen LogP contribution in [-0.2, 0) is 6.54 Å². The van der Waals surface area contributed by atoms with Gasteiger partial charge in [-0.1, -0.05) is 0 Å². The van der Waals surface area contributed by atoms with Crippen molar-refractivity contribution in [1.82, 2.24) is 5.32 Å². The van der Waals surface area contributed by atoms with E-state index < -0.39 is 4.92 Å².